The summed E-state index contributed by atoms with van der Waals surface area (Å²) in [6, 6.07) is 4.83. The molecule has 1 atom stereocenters. The predicted octanol–water partition coefficient (Wildman–Crippen LogP) is 6.54. The summed E-state index contributed by atoms with van der Waals surface area (Å²) in [5.41, 5.74) is 2.88. The van der Waals surface area contributed by atoms with Crippen molar-refractivity contribution < 1.29 is 39.9 Å². The first-order chi connectivity index (χ1) is 23.1. The fourth-order valence-corrected chi connectivity index (χ4v) is 7.04. The fourth-order valence-electron chi connectivity index (χ4n) is 7.04. The number of fused-ring (bicyclic) bond motifs is 1. The van der Waals surface area contributed by atoms with Gasteiger partial charge in [-0.05, 0) is 85.6 Å². The number of aromatic nitrogens is 5. The van der Waals surface area contributed by atoms with Crippen molar-refractivity contribution in [1.82, 2.24) is 25.2 Å². The van der Waals surface area contributed by atoms with E-state index >= 15 is 0 Å². The van der Waals surface area contributed by atoms with Crippen molar-refractivity contribution >= 4 is 28.6 Å². The lowest BCUT2D eigenvalue weighted by atomic mass is 9.77. The number of nitrogens with two attached hydrogens (primary N) is 1. The maximum Gasteiger partial charge on any atom is 0.416 e. The van der Waals surface area contributed by atoms with Crippen molar-refractivity contribution in [2.45, 2.75) is 70.0 Å². The summed E-state index contributed by atoms with van der Waals surface area (Å²) in [7, 11) is 1.45. The Hall–Kier alpha value is -4.57. The van der Waals surface area contributed by atoms with Crippen LogP contribution in [0.4, 0.5) is 46.9 Å². The van der Waals surface area contributed by atoms with Gasteiger partial charge in [0.05, 0.1) is 23.7 Å². The second-order valence-electron chi connectivity index (χ2n) is 12.7. The minimum atomic E-state index is -5.05. The molecule has 0 radical (unpaired) electrons. The second kappa shape index (κ2) is 13.0. The molecule has 6 rings (SSSR count). The molecule has 4 aromatic rings. The summed E-state index contributed by atoms with van der Waals surface area (Å²) >= 11 is 0. The molecule has 9 nitrogen and oxygen atoms in total. The number of amides is 1. The normalized spacial score (nSPS) is 20.3. The molecule has 3 heterocycles. The van der Waals surface area contributed by atoms with E-state index in [-0.39, 0.29) is 58.8 Å². The largest absolute Gasteiger partial charge is 0.416 e. The lowest BCUT2D eigenvalue weighted by molar-refractivity contribution is -0.143. The lowest BCUT2D eigenvalue weighted by Gasteiger charge is -2.37. The van der Waals surface area contributed by atoms with Gasteiger partial charge in [0.25, 0.3) is 5.95 Å². The fraction of sp³-hybridized carbons (Fsp3) is 0.469. The maximum atomic E-state index is 14.4. The van der Waals surface area contributed by atoms with E-state index in [0.717, 1.165) is 42.6 Å². The molecular formula is C32H32F8N8O. The molecule has 2 aromatic carbocycles. The molecule has 0 bridgehead atoms. The van der Waals surface area contributed by atoms with Crippen LogP contribution in [0, 0.1) is 23.5 Å². The molecule has 0 spiro atoms. The smallest absolute Gasteiger partial charge is 0.369 e. The van der Waals surface area contributed by atoms with E-state index in [1.54, 1.807) is 6.07 Å². The van der Waals surface area contributed by atoms with Gasteiger partial charge in [0, 0.05) is 48.6 Å². The van der Waals surface area contributed by atoms with Crippen LogP contribution in [0.15, 0.2) is 36.4 Å². The van der Waals surface area contributed by atoms with Gasteiger partial charge >= 0.3 is 12.4 Å². The molecule has 1 aliphatic heterocycles. The highest BCUT2D eigenvalue weighted by Gasteiger charge is 2.39. The molecule has 2 aromatic heterocycles. The van der Waals surface area contributed by atoms with Crippen molar-refractivity contribution in [2.24, 2.45) is 24.6 Å². The minimum Gasteiger partial charge on any atom is -0.369 e. The minimum absolute atomic E-state index is 0.0243. The van der Waals surface area contributed by atoms with Crippen LogP contribution in [0.25, 0.3) is 10.9 Å². The van der Waals surface area contributed by atoms with Gasteiger partial charge < -0.3 is 15.5 Å². The molecule has 1 aliphatic carbocycles. The van der Waals surface area contributed by atoms with E-state index in [2.05, 4.69) is 20.3 Å². The number of pyridine rings is 1. The summed E-state index contributed by atoms with van der Waals surface area (Å²) < 4.78 is 111. The Morgan fingerprint density at radius 2 is 1.55 bits per heavy atom. The summed E-state index contributed by atoms with van der Waals surface area (Å²) in [6.07, 6.45) is -5.77. The van der Waals surface area contributed by atoms with Gasteiger partial charge in [0.15, 0.2) is 11.6 Å². The predicted molar refractivity (Wildman–Crippen MR) is 162 cm³/mol. The number of hydrogen-bond acceptors (Lipinski definition) is 7. The Labute approximate surface area is 275 Å². The second-order valence-corrected chi connectivity index (χ2v) is 12.7. The van der Waals surface area contributed by atoms with E-state index in [1.165, 1.54) is 11.9 Å². The molecule has 2 fully saturated rings. The average molecular weight is 697 g/mol. The number of tetrazole rings is 1. The number of aryl methyl sites for hydroxylation is 1. The molecule has 49 heavy (non-hydrogen) atoms. The number of carbonyl (C=O) groups excluding carboxylic acids is 1. The molecule has 1 amide bonds. The van der Waals surface area contributed by atoms with Crippen molar-refractivity contribution in [3.05, 3.63) is 70.3 Å². The number of rotatable bonds is 8. The number of alkyl halides is 6. The summed E-state index contributed by atoms with van der Waals surface area (Å²) in [4.78, 5) is 21.1. The van der Waals surface area contributed by atoms with Gasteiger partial charge in [-0.3, -0.25) is 4.79 Å². The topological polar surface area (TPSA) is 106 Å². The van der Waals surface area contributed by atoms with Crippen molar-refractivity contribution in [3.63, 3.8) is 0 Å². The number of carbonyl (C=O) groups is 1. The maximum absolute atomic E-state index is 14.4. The standard InChI is InChI=1S/C32H32F8N8O/c1-46-44-30(43-45-46)47(15-17-9-22(31(35,36)37)13-23(10-17)32(38,39)40)16-21-11-20-12-24(33)25(34)14-26(20)42-29(21)48-8-2-3-27(48)18-4-6-19(7-5-18)28(41)49/h9-14,18-19,27H,2-8,15-16H2,1H3,(H2,41,49). The third kappa shape index (κ3) is 7.39. The van der Waals surface area contributed by atoms with Crippen LogP contribution < -0.4 is 15.5 Å². The van der Waals surface area contributed by atoms with Crippen LogP contribution in [0.2, 0.25) is 0 Å². The van der Waals surface area contributed by atoms with Gasteiger partial charge in [-0.1, -0.05) is 5.10 Å². The van der Waals surface area contributed by atoms with Crippen molar-refractivity contribution in [3.8, 4) is 0 Å². The highest BCUT2D eigenvalue weighted by atomic mass is 19.4. The van der Waals surface area contributed by atoms with Gasteiger partial charge in [0.2, 0.25) is 5.91 Å². The summed E-state index contributed by atoms with van der Waals surface area (Å²) in [6.45, 7) is -0.117. The Kier molecular flexibility index (Phi) is 9.13. The zero-order valence-corrected chi connectivity index (χ0v) is 26.2. The first-order valence-corrected chi connectivity index (χ1v) is 15.7. The molecule has 1 unspecified atom stereocenters. The quantitative estimate of drug-likeness (QED) is 0.209. The number of hydrogen-bond donors (Lipinski definition) is 1. The average Bonchev–Trinajstić information content (AvgIpc) is 3.70. The van der Waals surface area contributed by atoms with Crippen LogP contribution in [-0.4, -0.2) is 43.7 Å². The number of benzene rings is 2. The zero-order valence-electron chi connectivity index (χ0n) is 26.2. The molecule has 2 N–H and O–H groups in total. The van der Waals surface area contributed by atoms with Gasteiger partial charge in [0.1, 0.15) is 5.82 Å². The molecule has 262 valence electrons. The van der Waals surface area contributed by atoms with E-state index < -0.39 is 41.7 Å². The van der Waals surface area contributed by atoms with E-state index in [9.17, 15) is 39.9 Å². The van der Waals surface area contributed by atoms with Crippen molar-refractivity contribution in [1.29, 1.82) is 0 Å². The van der Waals surface area contributed by atoms with Gasteiger partial charge in [-0.2, -0.15) is 31.1 Å². The highest BCUT2D eigenvalue weighted by Crippen LogP contribution is 2.41. The number of anilines is 2. The Morgan fingerprint density at radius 3 is 2.14 bits per heavy atom. The zero-order chi connectivity index (χ0) is 35.2. The molecule has 2 aliphatic rings. The third-order valence-corrected chi connectivity index (χ3v) is 9.37. The van der Waals surface area contributed by atoms with Crippen LogP contribution in [-0.2, 0) is 37.3 Å². The molecule has 1 saturated heterocycles. The van der Waals surface area contributed by atoms with Crippen molar-refractivity contribution in [2.75, 3.05) is 16.3 Å². The van der Waals surface area contributed by atoms with Crippen LogP contribution in [0.5, 0.6) is 0 Å². The molecule has 1 saturated carbocycles. The SMILES string of the molecule is Cn1nnc(N(Cc2cc(C(F)(F)F)cc(C(F)(F)F)c2)Cc2cc3cc(F)c(F)cc3nc2N2CCCC2C2CCC(C(N)=O)CC2)n1. The number of primary amides is 1. The van der Waals surface area contributed by atoms with Gasteiger partial charge in [-0.15, -0.1) is 5.10 Å². The molecular weight excluding hydrogens is 664 g/mol. The molecule has 17 heteroatoms. The Balaban J connectivity index is 1.42. The highest BCUT2D eigenvalue weighted by molar-refractivity contribution is 5.82. The van der Waals surface area contributed by atoms with Crippen LogP contribution >= 0.6 is 0 Å². The lowest BCUT2D eigenvalue weighted by Crippen LogP contribution is -2.40. The Morgan fingerprint density at radius 1 is 0.898 bits per heavy atom. The van der Waals surface area contributed by atoms with E-state index in [1.807, 2.05) is 0 Å². The van der Waals surface area contributed by atoms with Crippen LogP contribution in [0.1, 0.15) is 60.8 Å². The summed E-state index contributed by atoms with van der Waals surface area (Å²) in [5.74, 6) is -2.27. The first kappa shape index (κ1) is 34.3. The third-order valence-electron chi connectivity index (χ3n) is 9.37. The van der Waals surface area contributed by atoms with E-state index in [4.69, 9.17) is 10.7 Å². The number of halogens is 8. The number of nitrogens with zero attached hydrogens (tertiary/aromatic N) is 7. The Bertz CT molecular complexity index is 1820. The van der Waals surface area contributed by atoms with Gasteiger partial charge in [-0.25, -0.2) is 13.8 Å². The first-order valence-electron chi connectivity index (χ1n) is 15.7. The van der Waals surface area contributed by atoms with E-state index in [0.29, 0.717) is 42.9 Å². The monoisotopic (exact) mass is 696 g/mol. The summed E-state index contributed by atoms with van der Waals surface area (Å²) in [5, 5.41) is 12.2. The van der Waals surface area contributed by atoms with Crippen LogP contribution in [0.3, 0.4) is 0 Å².